The number of halogens is 4. The summed E-state index contributed by atoms with van der Waals surface area (Å²) >= 11 is 0. The van der Waals surface area contributed by atoms with Gasteiger partial charge in [-0.05, 0) is 64.0 Å². The van der Waals surface area contributed by atoms with Gasteiger partial charge in [-0.25, -0.2) is 0 Å². The lowest BCUT2D eigenvalue weighted by atomic mass is 9.64. The molecule has 3 rings (SSSR count). The molecule has 0 amide bonds. The van der Waals surface area contributed by atoms with Gasteiger partial charge in [0.05, 0.1) is 5.56 Å². The lowest BCUT2D eigenvalue weighted by molar-refractivity contribution is -0.137. The van der Waals surface area contributed by atoms with E-state index in [0.717, 1.165) is 70.0 Å². The molecule has 1 aromatic rings. The highest BCUT2D eigenvalue weighted by Crippen LogP contribution is 2.44. The van der Waals surface area contributed by atoms with E-state index < -0.39 is 11.7 Å². The number of nitrogens with zero attached hydrogens (tertiary/aromatic N) is 3. The van der Waals surface area contributed by atoms with E-state index in [4.69, 9.17) is 0 Å². The van der Waals surface area contributed by atoms with Gasteiger partial charge in [-0.3, -0.25) is 4.99 Å². The Morgan fingerprint density at radius 1 is 1.09 bits per heavy atom. The van der Waals surface area contributed by atoms with Crippen LogP contribution in [-0.4, -0.2) is 75.7 Å². The first-order valence-electron chi connectivity index (χ1n) is 11.4. The Bertz CT molecular complexity index is 737. The number of rotatable bonds is 7. The highest BCUT2D eigenvalue weighted by molar-refractivity contribution is 14.0. The van der Waals surface area contributed by atoms with Gasteiger partial charge in [0, 0.05) is 38.6 Å². The first kappa shape index (κ1) is 27.2. The molecule has 0 bridgehead atoms. The fourth-order valence-electron chi connectivity index (χ4n) is 4.50. The second-order valence-electron chi connectivity index (χ2n) is 8.92. The van der Waals surface area contributed by atoms with Crippen molar-refractivity contribution in [3.05, 3.63) is 35.4 Å². The fourth-order valence-corrected chi connectivity index (χ4v) is 4.50. The molecule has 2 aliphatic rings. The van der Waals surface area contributed by atoms with Gasteiger partial charge in [0.15, 0.2) is 5.96 Å². The number of alkyl halides is 3. The van der Waals surface area contributed by atoms with Crippen LogP contribution in [0.1, 0.15) is 43.2 Å². The van der Waals surface area contributed by atoms with Crippen molar-refractivity contribution >= 4 is 29.9 Å². The number of hydrogen-bond donors (Lipinski definition) is 2. The third kappa shape index (κ3) is 7.48. The summed E-state index contributed by atoms with van der Waals surface area (Å²) in [6.45, 7) is 7.02. The summed E-state index contributed by atoms with van der Waals surface area (Å²) in [6, 6.07) is 5.80. The van der Waals surface area contributed by atoms with Crippen LogP contribution in [0.2, 0.25) is 0 Å². The third-order valence-corrected chi connectivity index (χ3v) is 6.69. The molecule has 1 saturated carbocycles. The van der Waals surface area contributed by atoms with Gasteiger partial charge < -0.3 is 20.4 Å². The Labute approximate surface area is 207 Å². The van der Waals surface area contributed by atoms with Crippen molar-refractivity contribution in [2.75, 3.05) is 59.9 Å². The summed E-state index contributed by atoms with van der Waals surface area (Å²) in [5.74, 6) is 0.717. The van der Waals surface area contributed by atoms with E-state index in [1.165, 1.54) is 25.1 Å². The molecule has 1 heterocycles. The highest BCUT2D eigenvalue weighted by atomic mass is 127. The predicted octanol–water partition coefficient (Wildman–Crippen LogP) is 3.94. The monoisotopic (exact) mass is 567 g/mol. The molecule has 9 heteroatoms. The molecule has 32 heavy (non-hydrogen) atoms. The smallest absolute Gasteiger partial charge is 0.356 e. The maximum Gasteiger partial charge on any atom is 0.416 e. The van der Waals surface area contributed by atoms with Gasteiger partial charge in [0.1, 0.15) is 0 Å². The van der Waals surface area contributed by atoms with E-state index in [9.17, 15) is 13.2 Å². The van der Waals surface area contributed by atoms with E-state index in [2.05, 4.69) is 32.5 Å². The first-order chi connectivity index (χ1) is 14.8. The van der Waals surface area contributed by atoms with Crippen molar-refractivity contribution in [1.29, 1.82) is 0 Å². The van der Waals surface area contributed by atoms with Crippen molar-refractivity contribution < 1.29 is 13.2 Å². The minimum atomic E-state index is -4.31. The number of guanidine groups is 1. The van der Waals surface area contributed by atoms with Crippen LogP contribution in [-0.2, 0) is 11.6 Å². The number of nitrogens with one attached hydrogen (secondary N) is 2. The van der Waals surface area contributed by atoms with Crippen molar-refractivity contribution in [2.45, 2.75) is 43.7 Å². The summed E-state index contributed by atoms with van der Waals surface area (Å²) in [7, 11) is 3.91. The molecule has 0 aromatic heterocycles. The van der Waals surface area contributed by atoms with Gasteiger partial charge in [-0.2, -0.15) is 13.2 Å². The lowest BCUT2D eigenvalue weighted by Crippen LogP contribution is -2.49. The molecule has 5 nitrogen and oxygen atoms in total. The molecule has 1 aliphatic carbocycles. The highest BCUT2D eigenvalue weighted by Gasteiger charge is 2.40. The normalized spacial score (nSPS) is 20.1. The van der Waals surface area contributed by atoms with Crippen LogP contribution in [0, 0.1) is 0 Å². The van der Waals surface area contributed by atoms with Crippen LogP contribution in [0.3, 0.4) is 0 Å². The quantitative estimate of drug-likeness (QED) is 0.227. The maximum absolute atomic E-state index is 13.1. The molecular formula is C23H37F3IN5. The molecule has 0 radical (unpaired) electrons. The first-order valence-corrected chi connectivity index (χ1v) is 11.4. The average Bonchev–Trinajstić information content (AvgIpc) is 2.92. The van der Waals surface area contributed by atoms with Crippen LogP contribution < -0.4 is 10.6 Å². The number of aliphatic imine (C=N–C) groups is 1. The molecule has 1 saturated heterocycles. The SMILES string of the molecule is CN=C(NCCCN1CCCN(C)CC1)NCC1(c2cccc(C(F)(F)F)c2)CCC1.I. The van der Waals surface area contributed by atoms with E-state index in [1.54, 1.807) is 7.05 Å². The Balaban J connectivity index is 0.00000363. The van der Waals surface area contributed by atoms with Gasteiger partial charge >= 0.3 is 6.18 Å². The second-order valence-corrected chi connectivity index (χ2v) is 8.92. The van der Waals surface area contributed by atoms with E-state index in [1.807, 2.05) is 6.07 Å². The Kier molecular flexibility index (Phi) is 10.5. The zero-order chi connectivity index (χ0) is 22.3. The minimum Gasteiger partial charge on any atom is -0.356 e. The van der Waals surface area contributed by atoms with Crippen molar-refractivity contribution in [3.63, 3.8) is 0 Å². The van der Waals surface area contributed by atoms with Crippen LogP contribution >= 0.6 is 24.0 Å². The number of hydrogen-bond acceptors (Lipinski definition) is 3. The largest absolute Gasteiger partial charge is 0.416 e. The summed E-state index contributed by atoms with van der Waals surface area (Å²) in [4.78, 5) is 9.20. The number of benzene rings is 1. The number of likely N-dealkylation sites (N-methyl/N-ethyl adjacent to an activating group) is 1. The summed E-state index contributed by atoms with van der Waals surface area (Å²) in [5, 5.41) is 6.72. The lowest BCUT2D eigenvalue weighted by Gasteiger charge is -2.43. The minimum absolute atomic E-state index is 0. The zero-order valence-electron chi connectivity index (χ0n) is 19.2. The Morgan fingerprint density at radius 3 is 2.53 bits per heavy atom. The van der Waals surface area contributed by atoms with Crippen molar-refractivity contribution in [1.82, 2.24) is 20.4 Å². The molecule has 1 aliphatic heterocycles. The Morgan fingerprint density at radius 2 is 1.88 bits per heavy atom. The molecule has 1 aromatic carbocycles. The van der Waals surface area contributed by atoms with Crippen LogP contribution in [0.15, 0.2) is 29.3 Å². The summed E-state index contributed by atoms with van der Waals surface area (Å²) < 4.78 is 39.4. The molecule has 2 fully saturated rings. The van der Waals surface area contributed by atoms with E-state index in [-0.39, 0.29) is 29.4 Å². The van der Waals surface area contributed by atoms with Gasteiger partial charge in [-0.1, -0.05) is 24.6 Å². The van der Waals surface area contributed by atoms with Gasteiger partial charge in [0.25, 0.3) is 0 Å². The zero-order valence-corrected chi connectivity index (χ0v) is 21.5. The molecule has 0 unspecified atom stereocenters. The molecule has 182 valence electrons. The van der Waals surface area contributed by atoms with Crippen LogP contribution in [0.25, 0.3) is 0 Å². The maximum atomic E-state index is 13.1. The average molecular weight is 567 g/mol. The third-order valence-electron chi connectivity index (χ3n) is 6.69. The van der Waals surface area contributed by atoms with E-state index >= 15 is 0 Å². The molecule has 0 spiro atoms. The Hall–Kier alpha value is -1.07. The van der Waals surface area contributed by atoms with Crippen LogP contribution in [0.5, 0.6) is 0 Å². The molecular weight excluding hydrogens is 530 g/mol. The molecule has 0 atom stereocenters. The fraction of sp³-hybridized carbons (Fsp3) is 0.696. The van der Waals surface area contributed by atoms with E-state index in [0.29, 0.717) is 12.5 Å². The van der Waals surface area contributed by atoms with Crippen molar-refractivity contribution in [3.8, 4) is 0 Å². The van der Waals surface area contributed by atoms with Crippen LogP contribution in [0.4, 0.5) is 13.2 Å². The second kappa shape index (κ2) is 12.4. The molecule has 2 N–H and O–H groups in total. The summed E-state index contributed by atoms with van der Waals surface area (Å²) in [5.41, 5.74) is -0.0575. The topological polar surface area (TPSA) is 42.9 Å². The standard InChI is InChI=1S/C23H36F3N5.HI/c1-27-21(28-11-5-13-31-14-6-12-30(2)15-16-31)29-18-22(9-4-10-22)19-7-3-8-20(17-19)23(24,25)26;/h3,7-8,17H,4-6,9-16,18H2,1-2H3,(H2,27,28,29);1H. The van der Waals surface area contributed by atoms with Crippen molar-refractivity contribution in [2.24, 2.45) is 4.99 Å². The van der Waals surface area contributed by atoms with Gasteiger partial charge in [-0.15, -0.1) is 24.0 Å². The predicted molar refractivity (Wildman–Crippen MR) is 135 cm³/mol. The van der Waals surface area contributed by atoms with Gasteiger partial charge in [0.2, 0.25) is 0 Å². The summed E-state index contributed by atoms with van der Waals surface area (Å²) in [6.07, 6.45) is 0.751.